The third-order valence-electron chi connectivity index (χ3n) is 3.84. The molecule has 0 fully saturated rings. The van der Waals surface area contributed by atoms with Crippen molar-refractivity contribution in [2.45, 2.75) is 13.8 Å². The van der Waals surface area contributed by atoms with E-state index in [1.165, 1.54) is 17.5 Å². The van der Waals surface area contributed by atoms with Gasteiger partial charge in [0.2, 0.25) is 0 Å². The van der Waals surface area contributed by atoms with Crippen molar-refractivity contribution in [3.63, 3.8) is 0 Å². The Kier molecular flexibility index (Phi) is 4.16. The fraction of sp³-hybridized carbons (Fsp3) is 0.111. The van der Waals surface area contributed by atoms with Crippen LogP contribution < -0.4 is 0 Å². The molecule has 4 rings (SSSR count). The van der Waals surface area contributed by atoms with Gasteiger partial charge in [0, 0.05) is 43.7 Å². The summed E-state index contributed by atoms with van der Waals surface area (Å²) in [6.07, 6.45) is 5.22. The van der Waals surface area contributed by atoms with Crippen LogP contribution in [0.15, 0.2) is 53.5 Å². The second kappa shape index (κ2) is 6.11. The van der Waals surface area contributed by atoms with Gasteiger partial charge in [0.05, 0.1) is 11.4 Å². The SMILES string of the molecule is Cc1cccc(C)c1-n1ccnc1-c1[c-]ccc2ocnc12.[Ir]. The van der Waals surface area contributed by atoms with Crippen LogP contribution in [0.25, 0.3) is 28.2 Å². The van der Waals surface area contributed by atoms with Crippen LogP contribution in [-0.4, -0.2) is 14.5 Å². The normalized spacial score (nSPS) is 10.7. The van der Waals surface area contributed by atoms with Gasteiger partial charge in [-0.25, -0.2) is 0 Å². The van der Waals surface area contributed by atoms with Crippen molar-refractivity contribution < 1.29 is 24.5 Å². The molecule has 0 saturated heterocycles. The van der Waals surface area contributed by atoms with E-state index in [0.29, 0.717) is 0 Å². The predicted octanol–water partition coefficient (Wildman–Crippen LogP) is 4.10. The van der Waals surface area contributed by atoms with Crippen LogP contribution in [0.2, 0.25) is 0 Å². The number of nitrogens with zero attached hydrogens (tertiary/aromatic N) is 3. The molecule has 0 saturated carbocycles. The fourth-order valence-electron chi connectivity index (χ4n) is 2.86. The van der Waals surface area contributed by atoms with Crippen molar-refractivity contribution in [1.29, 1.82) is 0 Å². The Morgan fingerprint density at radius 3 is 2.65 bits per heavy atom. The minimum Gasteiger partial charge on any atom is -0.464 e. The molecule has 2 aromatic carbocycles. The molecule has 0 unspecified atom stereocenters. The molecular formula is C18H14IrN3O-. The van der Waals surface area contributed by atoms with Gasteiger partial charge in [0.15, 0.2) is 6.39 Å². The van der Waals surface area contributed by atoms with Crippen LogP contribution in [0, 0.1) is 19.9 Å². The van der Waals surface area contributed by atoms with Gasteiger partial charge in [-0.2, -0.15) is 0 Å². The van der Waals surface area contributed by atoms with E-state index in [-0.39, 0.29) is 20.1 Å². The zero-order chi connectivity index (χ0) is 15.1. The molecule has 0 amide bonds. The Hall–Kier alpha value is -2.23. The Bertz CT molecular complexity index is 951. The third-order valence-corrected chi connectivity index (χ3v) is 3.84. The first-order valence-electron chi connectivity index (χ1n) is 7.10. The average Bonchev–Trinajstić information content (AvgIpc) is 3.15. The number of aryl methyl sites for hydroxylation is 2. The number of hydrogen-bond acceptors (Lipinski definition) is 3. The van der Waals surface area contributed by atoms with E-state index in [0.717, 1.165) is 28.2 Å². The van der Waals surface area contributed by atoms with E-state index >= 15 is 0 Å². The Morgan fingerprint density at radius 2 is 1.87 bits per heavy atom. The smallest absolute Gasteiger partial charge is 0.170 e. The van der Waals surface area contributed by atoms with E-state index in [4.69, 9.17) is 4.42 Å². The number of para-hydroxylation sites is 1. The molecule has 5 heteroatoms. The molecular weight excluding hydrogens is 466 g/mol. The molecule has 117 valence electrons. The summed E-state index contributed by atoms with van der Waals surface area (Å²) in [7, 11) is 0. The summed E-state index contributed by atoms with van der Waals surface area (Å²) < 4.78 is 7.47. The van der Waals surface area contributed by atoms with Gasteiger partial charge in [0.25, 0.3) is 0 Å². The van der Waals surface area contributed by atoms with Gasteiger partial charge in [0.1, 0.15) is 0 Å². The van der Waals surface area contributed by atoms with Crippen molar-refractivity contribution in [2.24, 2.45) is 0 Å². The molecule has 0 aliphatic carbocycles. The van der Waals surface area contributed by atoms with Gasteiger partial charge >= 0.3 is 0 Å². The quantitative estimate of drug-likeness (QED) is 0.406. The second-order valence-electron chi connectivity index (χ2n) is 5.28. The number of fused-ring (bicyclic) bond motifs is 1. The first kappa shape index (κ1) is 15.7. The molecule has 4 nitrogen and oxygen atoms in total. The maximum absolute atomic E-state index is 5.38. The molecule has 0 atom stereocenters. The molecule has 0 aliphatic rings. The summed E-state index contributed by atoms with van der Waals surface area (Å²) in [6.45, 7) is 4.21. The summed E-state index contributed by atoms with van der Waals surface area (Å²) in [6, 6.07) is 13.2. The van der Waals surface area contributed by atoms with E-state index in [2.05, 4.69) is 52.6 Å². The van der Waals surface area contributed by atoms with Gasteiger partial charge < -0.3 is 8.98 Å². The van der Waals surface area contributed by atoms with E-state index in [9.17, 15) is 0 Å². The van der Waals surface area contributed by atoms with E-state index in [1.54, 1.807) is 6.20 Å². The molecule has 0 N–H and O–H groups in total. The molecule has 0 spiro atoms. The first-order chi connectivity index (χ1) is 10.8. The predicted molar refractivity (Wildman–Crippen MR) is 84.9 cm³/mol. The van der Waals surface area contributed by atoms with Crippen LogP contribution in [0.4, 0.5) is 0 Å². The summed E-state index contributed by atoms with van der Waals surface area (Å²) in [5.41, 5.74) is 5.91. The van der Waals surface area contributed by atoms with Crippen molar-refractivity contribution in [2.75, 3.05) is 0 Å². The minimum atomic E-state index is 0. The summed E-state index contributed by atoms with van der Waals surface area (Å²) in [5.74, 6) is 0.817. The van der Waals surface area contributed by atoms with Crippen LogP contribution in [0.5, 0.6) is 0 Å². The summed E-state index contributed by atoms with van der Waals surface area (Å²) >= 11 is 0. The molecule has 1 radical (unpaired) electrons. The van der Waals surface area contributed by atoms with Crippen LogP contribution in [0.1, 0.15) is 11.1 Å². The zero-order valence-electron chi connectivity index (χ0n) is 12.7. The van der Waals surface area contributed by atoms with Gasteiger partial charge in [-0.3, -0.25) is 9.97 Å². The first-order valence-corrected chi connectivity index (χ1v) is 7.10. The third kappa shape index (κ3) is 2.52. The van der Waals surface area contributed by atoms with Crippen LogP contribution in [-0.2, 0) is 20.1 Å². The molecule has 0 bridgehead atoms. The number of benzene rings is 2. The largest absolute Gasteiger partial charge is 0.464 e. The number of oxazole rings is 1. The monoisotopic (exact) mass is 481 g/mol. The molecule has 23 heavy (non-hydrogen) atoms. The molecule has 2 aromatic heterocycles. The van der Waals surface area contributed by atoms with Crippen molar-refractivity contribution in [3.05, 3.63) is 66.3 Å². The summed E-state index contributed by atoms with van der Waals surface area (Å²) in [5, 5.41) is 0. The zero-order valence-corrected chi connectivity index (χ0v) is 15.1. The average molecular weight is 481 g/mol. The standard InChI is InChI=1S/C18H14N3O.Ir/c1-12-5-3-6-13(2)17(12)21-10-9-19-18(21)14-7-4-8-15-16(14)20-11-22-15;/h3-6,8-11H,1-2H3;/q-1;. The maximum Gasteiger partial charge on any atom is 0.170 e. The molecule has 2 heterocycles. The minimum absolute atomic E-state index is 0. The van der Waals surface area contributed by atoms with Crippen molar-refractivity contribution in [3.8, 4) is 17.1 Å². The number of imidazole rings is 1. The van der Waals surface area contributed by atoms with E-state index < -0.39 is 0 Å². The fourth-order valence-corrected chi connectivity index (χ4v) is 2.86. The molecule has 4 aromatic rings. The Balaban J connectivity index is 0.00000156. The maximum atomic E-state index is 5.38. The number of rotatable bonds is 2. The topological polar surface area (TPSA) is 43.9 Å². The summed E-state index contributed by atoms with van der Waals surface area (Å²) in [4.78, 5) is 8.83. The Morgan fingerprint density at radius 1 is 1.09 bits per heavy atom. The van der Waals surface area contributed by atoms with Crippen LogP contribution in [0.3, 0.4) is 0 Å². The van der Waals surface area contributed by atoms with Crippen LogP contribution >= 0.6 is 0 Å². The number of hydrogen-bond donors (Lipinski definition) is 0. The van der Waals surface area contributed by atoms with Crippen molar-refractivity contribution in [1.82, 2.24) is 14.5 Å². The van der Waals surface area contributed by atoms with Crippen molar-refractivity contribution >= 4 is 11.1 Å². The second-order valence-corrected chi connectivity index (χ2v) is 5.28. The number of aromatic nitrogens is 3. The molecule has 0 aliphatic heterocycles. The van der Waals surface area contributed by atoms with Gasteiger partial charge in [-0.05, 0) is 25.0 Å². The van der Waals surface area contributed by atoms with E-state index in [1.807, 2.05) is 18.3 Å². The Labute approximate surface area is 147 Å². The van der Waals surface area contributed by atoms with Gasteiger partial charge in [-0.15, -0.1) is 12.1 Å². The van der Waals surface area contributed by atoms with Gasteiger partial charge in [-0.1, -0.05) is 29.8 Å².